The van der Waals surface area contributed by atoms with E-state index in [4.69, 9.17) is 9.88 Å². The maximum atomic E-state index is 10.9. The molecule has 21 heavy (non-hydrogen) atoms. The summed E-state index contributed by atoms with van der Waals surface area (Å²) >= 11 is 3.21. The molecule has 1 aromatic carbocycles. The van der Waals surface area contributed by atoms with Crippen molar-refractivity contribution >= 4 is 31.6 Å². The number of nitro groups is 1. The minimum absolute atomic E-state index is 0.0800. The van der Waals surface area contributed by atoms with E-state index in [1.165, 1.54) is 6.07 Å². The summed E-state index contributed by atoms with van der Waals surface area (Å²) in [6.45, 7) is 2.14. The Morgan fingerprint density at radius 1 is 1.43 bits per heavy atom. The predicted molar refractivity (Wildman–Crippen MR) is 82.7 cm³/mol. The van der Waals surface area contributed by atoms with Crippen molar-refractivity contribution in [3.05, 3.63) is 32.8 Å². The quantitative estimate of drug-likeness (QED) is 0.549. The molecular weight excluding hydrogens is 364 g/mol. The van der Waals surface area contributed by atoms with E-state index in [0.29, 0.717) is 17.3 Å². The number of hydrogen-bond acceptors (Lipinski definition) is 5. The van der Waals surface area contributed by atoms with Crippen LogP contribution < -0.4 is 9.88 Å². The van der Waals surface area contributed by atoms with Gasteiger partial charge in [0.2, 0.25) is 15.8 Å². The fourth-order valence-electron chi connectivity index (χ4n) is 1.66. The van der Waals surface area contributed by atoms with E-state index < -0.39 is 14.9 Å². The lowest BCUT2D eigenvalue weighted by atomic mass is 10.1. The van der Waals surface area contributed by atoms with Crippen LogP contribution in [0.4, 0.5) is 5.69 Å². The fourth-order valence-corrected chi connectivity index (χ4v) is 2.86. The highest BCUT2D eigenvalue weighted by atomic mass is 79.9. The summed E-state index contributed by atoms with van der Waals surface area (Å²) in [5, 5.41) is 15.8. The van der Waals surface area contributed by atoms with Crippen molar-refractivity contribution in [2.75, 3.05) is 12.4 Å². The maximum absolute atomic E-state index is 10.9. The van der Waals surface area contributed by atoms with Gasteiger partial charge in [-0.2, -0.15) is 0 Å². The molecule has 7 nitrogen and oxygen atoms in total. The molecule has 2 N–H and O–H groups in total. The molecule has 118 valence electrons. The molecular formula is C12H17BrN2O5S. The number of hydrogen-bond donors (Lipinski definition) is 1. The van der Waals surface area contributed by atoms with E-state index in [0.717, 1.165) is 0 Å². The lowest BCUT2D eigenvalue weighted by Gasteiger charge is -2.12. The molecule has 0 bridgehead atoms. The number of benzene rings is 1. The molecule has 0 aliphatic heterocycles. The Bertz CT molecular complexity index is 606. The molecule has 0 radical (unpaired) electrons. The first-order valence-electron chi connectivity index (χ1n) is 6.27. The molecule has 0 aromatic heterocycles. The zero-order valence-electron chi connectivity index (χ0n) is 11.5. The summed E-state index contributed by atoms with van der Waals surface area (Å²) in [5.41, 5.74) is -0.110. The van der Waals surface area contributed by atoms with Crippen molar-refractivity contribution in [1.29, 1.82) is 0 Å². The van der Waals surface area contributed by atoms with Gasteiger partial charge in [-0.15, -0.1) is 0 Å². The molecule has 1 rings (SSSR count). The van der Waals surface area contributed by atoms with E-state index >= 15 is 0 Å². The van der Waals surface area contributed by atoms with Crippen LogP contribution in [-0.2, 0) is 10.0 Å². The highest BCUT2D eigenvalue weighted by Gasteiger charge is 2.18. The van der Waals surface area contributed by atoms with Crippen LogP contribution in [0.5, 0.6) is 5.75 Å². The van der Waals surface area contributed by atoms with Crippen molar-refractivity contribution in [1.82, 2.24) is 0 Å². The third-order valence-electron chi connectivity index (χ3n) is 2.90. The second-order valence-corrected chi connectivity index (χ2v) is 7.33. The first kappa shape index (κ1) is 17.9. The Morgan fingerprint density at radius 2 is 2.10 bits per heavy atom. The Morgan fingerprint density at radius 3 is 2.67 bits per heavy atom. The van der Waals surface area contributed by atoms with Gasteiger partial charge in [0.25, 0.3) is 0 Å². The Kier molecular flexibility index (Phi) is 6.56. The van der Waals surface area contributed by atoms with Crippen LogP contribution in [0.2, 0.25) is 0 Å². The summed E-state index contributed by atoms with van der Waals surface area (Å²) in [4.78, 5) is 10.4. The Balaban J connectivity index is 2.55. The number of primary sulfonamides is 1. The highest BCUT2D eigenvalue weighted by Crippen LogP contribution is 2.34. The topological polar surface area (TPSA) is 113 Å². The van der Waals surface area contributed by atoms with Gasteiger partial charge in [-0.25, -0.2) is 13.6 Å². The normalized spacial score (nSPS) is 12.9. The predicted octanol–water partition coefficient (Wildman–Crippen LogP) is 2.44. The van der Waals surface area contributed by atoms with E-state index in [1.807, 2.05) is 6.92 Å². The largest absolute Gasteiger partial charge is 0.486 e. The number of halogens is 1. The zero-order valence-corrected chi connectivity index (χ0v) is 13.9. The Labute approximate surface area is 131 Å². The van der Waals surface area contributed by atoms with E-state index in [-0.39, 0.29) is 29.7 Å². The van der Waals surface area contributed by atoms with Crippen molar-refractivity contribution in [3.8, 4) is 5.75 Å². The van der Waals surface area contributed by atoms with Gasteiger partial charge in [0.15, 0.2) is 0 Å². The number of ether oxygens (including phenoxy) is 1. The molecule has 0 aliphatic carbocycles. The van der Waals surface area contributed by atoms with Crippen LogP contribution in [0.1, 0.15) is 19.8 Å². The van der Waals surface area contributed by atoms with Gasteiger partial charge in [-0.3, -0.25) is 10.1 Å². The minimum Gasteiger partial charge on any atom is -0.486 e. The number of nitrogens with two attached hydrogens (primary N) is 1. The summed E-state index contributed by atoms with van der Waals surface area (Å²) in [7, 11) is -3.46. The zero-order chi connectivity index (χ0) is 16.0. The number of para-hydroxylation sites is 1. The summed E-state index contributed by atoms with van der Waals surface area (Å²) in [6, 6.07) is 4.58. The second kappa shape index (κ2) is 7.71. The molecule has 9 heteroatoms. The summed E-state index contributed by atoms with van der Waals surface area (Å²) < 4.78 is 27.7. The average molecular weight is 381 g/mol. The first-order chi connectivity index (χ1) is 9.70. The van der Waals surface area contributed by atoms with Crippen LogP contribution in [0.3, 0.4) is 0 Å². The standard InChI is InChI=1S/C12H17BrN2O5S/c1-9(6-8-21(14,18)19)5-7-20-12-10(13)3-2-4-11(12)15(16)17/h2-4,9H,5-8H2,1H3,(H2,14,18,19). The first-order valence-corrected chi connectivity index (χ1v) is 8.77. The van der Waals surface area contributed by atoms with Crippen LogP contribution in [0, 0.1) is 16.0 Å². The molecule has 1 atom stereocenters. The van der Waals surface area contributed by atoms with Crippen LogP contribution in [0.25, 0.3) is 0 Å². The van der Waals surface area contributed by atoms with E-state index in [9.17, 15) is 18.5 Å². The molecule has 0 fully saturated rings. The lowest BCUT2D eigenvalue weighted by molar-refractivity contribution is -0.386. The van der Waals surface area contributed by atoms with Crippen LogP contribution in [-0.4, -0.2) is 25.7 Å². The van der Waals surface area contributed by atoms with Gasteiger partial charge >= 0.3 is 5.69 Å². The van der Waals surface area contributed by atoms with Gasteiger partial charge in [-0.1, -0.05) is 13.0 Å². The van der Waals surface area contributed by atoms with Crippen molar-refractivity contribution < 1.29 is 18.1 Å². The Hall–Kier alpha value is -1.19. The van der Waals surface area contributed by atoms with Crippen LogP contribution >= 0.6 is 15.9 Å². The number of nitrogens with zero attached hydrogens (tertiary/aromatic N) is 1. The fraction of sp³-hybridized carbons (Fsp3) is 0.500. The molecule has 0 saturated heterocycles. The smallest absolute Gasteiger partial charge is 0.312 e. The second-order valence-electron chi connectivity index (χ2n) is 4.74. The van der Waals surface area contributed by atoms with Crippen LogP contribution in [0.15, 0.2) is 22.7 Å². The number of nitro benzene ring substituents is 1. The minimum atomic E-state index is -3.46. The van der Waals surface area contributed by atoms with Gasteiger partial charge in [0.1, 0.15) is 0 Å². The molecule has 0 spiro atoms. The van der Waals surface area contributed by atoms with Gasteiger partial charge in [0, 0.05) is 6.07 Å². The van der Waals surface area contributed by atoms with Crippen molar-refractivity contribution in [2.45, 2.75) is 19.8 Å². The van der Waals surface area contributed by atoms with Gasteiger partial charge < -0.3 is 4.74 Å². The lowest BCUT2D eigenvalue weighted by Crippen LogP contribution is -2.18. The number of rotatable bonds is 8. The molecule has 0 amide bonds. The van der Waals surface area contributed by atoms with E-state index in [2.05, 4.69) is 15.9 Å². The molecule has 1 unspecified atom stereocenters. The van der Waals surface area contributed by atoms with Crippen molar-refractivity contribution in [2.24, 2.45) is 11.1 Å². The number of sulfonamides is 1. The monoisotopic (exact) mass is 380 g/mol. The summed E-state index contributed by atoms with van der Waals surface area (Å²) in [5.74, 6) is 0.189. The average Bonchev–Trinajstić information content (AvgIpc) is 2.37. The maximum Gasteiger partial charge on any atom is 0.312 e. The molecule has 0 aliphatic rings. The van der Waals surface area contributed by atoms with E-state index in [1.54, 1.807) is 12.1 Å². The van der Waals surface area contributed by atoms with Gasteiger partial charge in [-0.05, 0) is 40.8 Å². The SMILES string of the molecule is CC(CCOc1c(Br)cccc1[N+](=O)[O-])CCS(N)(=O)=O. The summed E-state index contributed by atoms with van der Waals surface area (Å²) in [6.07, 6.45) is 1.01. The molecule has 0 saturated carbocycles. The molecule has 1 aromatic rings. The molecule has 0 heterocycles. The highest BCUT2D eigenvalue weighted by molar-refractivity contribution is 9.10. The van der Waals surface area contributed by atoms with Gasteiger partial charge in [0.05, 0.1) is 21.8 Å². The third kappa shape index (κ3) is 6.40. The van der Waals surface area contributed by atoms with Crippen molar-refractivity contribution in [3.63, 3.8) is 0 Å². The third-order valence-corrected chi connectivity index (χ3v) is 4.32.